The Labute approximate surface area is 125 Å². The van der Waals surface area contributed by atoms with E-state index >= 15 is 0 Å². The Morgan fingerprint density at radius 3 is 2.75 bits per heavy atom. The number of benzene rings is 2. The lowest BCUT2D eigenvalue weighted by molar-refractivity contribution is 0.408. The van der Waals surface area contributed by atoms with Crippen molar-refractivity contribution in [3.8, 4) is 5.75 Å². The van der Waals surface area contributed by atoms with Gasteiger partial charge in [0.25, 0.3) is 0 Å². The third kappa shape index (κ3) is 4.26. The molecule has 0 spiro atoms. The molecule has 2 aromatic rings. The van der Waals surface area contributed by atoms with Crippen LogP contribution in [0.3, 0.4) is 0 Å². The van der Waals surface area contributed by atoms with Gasteiger partial charge in [0.2, 0.25) is 0 Å². The summed E-state index contributed by atoms with van der Waals surface area (Å²) in [6, 6.07) is 14.3. The molecule has 3 heteroatoms. The maximum atomic E-state index is 6.02. The summed E-state index contributed by atoms with van der Waals surface area (Å²) in [6.45, 7) is 3.81. The minimum atomic E-state index is 0.737. The van der Waals surface area contributed by atoms with Gasteiger partial charge in [0.1, 0.15) is 5.75 Å². The van der Waals surface area contributed by atoms with Crippen LogP contribution in [0, 0.1) is 6.92 Å². The first-order valence-corrected chi connectivity index (χ1v) is 7.15. The Bertz CT molecular complexity index is 569. The fourth-order valence-electron chi connectivity index (χ4n) is 2.21. The van der Waals surface area contributed by atoms with E-state index in [-0.39, 0.29) is 0 Å². The van der Waals surface area contributed by atoms with Gasteiger partial charge in [0.15, 0.2) is 0 Å². The minimum Gasteiger partial charge on any atom is -0.496 e. The third-order valence-corrected chi connectivity index (χ3v) is 3.47. The number of halogens is 1. The number of hydrogen-bond donors (Lipinski definition) is 1. The summed E-state index contributed by atoms with van der Waals surface area (Å²) in [7, 11) is 1.68. The molecule has 0 aliphatic rings. The van der Waals surface area contributed by atoms with Crippen LogP contribution < -0.4 is 10.1 Å². The highest BCUT2D eigenvalue weighted by atomic mass is 35.5. The van der Waals surface area contributed by atoms with Gasteiger partial charge in [-0.1, -0.05) is 41.4 Å². The van der Waals surface area contributed by atoms with Crippen LogP contribution in [0.2, 0.25) is 5.02 Å². The largest absolute Gasteiger partial charge is 0.496 e. The van der Waals surface area contributed by atoms with Crippen LogP contribution in [0.15, 0.2) is 42.5 Å². The molecule has 1 N–H and O–H groups in total. The predicted octanol–water partition coefficient (Wildman–Crippen LogP) is 3.99. The highest BCUT2D eigenvalue weighted by Gasteiger charge is 2.03. The van der Waals surface area contributed by atoms with Crippen LogP contribution >= 0.6 is 11.6 Å². The molecule has 0 saturated carbocycles. The van der Waals surface area contributed by atoms with Gasteiger partial charge in [-0.15, -0.1) is 0 Å². The number of rotatable bonds is 6. The summed E-state index contributed by atoms with van der Waals surface area (Å²) in [5, 5.41) is 4.17. The van der Waals surface area contributed by atoms with Crippen molar-refractivity contribution < 1.29 is 4.74 Å². The Kier molecular flexibility index (Phi) is 5.45. The van der Waals surface area contributed by atoms with E-state index in [1.165, 1.54) is 11.1 Å². The quantitative estimate of drug-likeness (QED) is 0.812. The second kappa shape index (κ2) is 7.32. The minimum absolute atomic E-state index is 0.737. The number of ether oxygens (including phenoxy) is 1. The van der Waals surface area contributed by atoms with E-state index in [0.29, 0.717) is 0 Å². The summed E-state index contributed by atoms with van der Waals surface area (Å²) in [4.78, 5) is 0. The molecular weight excluding hydrogens is 270 g/mol. The van der Waals surface area contributed by atoms with E-state index in [1.807, 2.05) is 18.2 Å². The van der Waals surface area contributed by atoms with E-state index in [2.05, 4.69) is 36.5 Å². The van der Waals surface area contributed by atoms with Crippen molar-refractivity contribution in [2.24, 2.45) is 0 Å². The Morgan fingerprint density at radius 1 is 1.15 bits per heavy atom. The Morgan fingerprint density at radius 2 is 2.00 bits per heavy atom. The average Bonchev–Trinajstić information content (AvgIpc) is 2.44. The maximum absolute atomic E-state index is 6.02. The molecule has 0 atom stereocenters. The molecule has 0 fully saturated rings. The highest BCUT2D eigenvalue weighted by Crippen LogP contribution is 2.22. The van der Waals surface area contributed by atoms with Crippen molar-refractivity contribution in [3.63, 3.8) is 0 Å². The molecule has 0 radical (unpaired) electrons. The summed E-state index contributed by atoms with van der Waals surface area (Å²) in [6.07, 6.45) is 1.02. The fraction of sp³-hybridized carbons (Fsp3) is 0.294. The second-order valence-corrected chi connectivity index (χ2v) is 5.31. The van der Waals surface area contributed by atoms with Crippen LogP contribution in [-0.4, -0.2) is 13.7 Å². The lowest BCUT2D eigenvalue weighted by Crippen LogP contribution is -2.17. The van der Waals surface area contributed by atoms with E-state index < -0.39 is 0 Å². The van der Waals surface area contributed by atoms with Crippen LogP contribution in [-0.2, 0) is 13.0 Å². The van der Waals surface area contributed by atoms with Gasteiger partial charge in [0.05, 0.1) is 7.11 Å². The molecule has 20 heavy (non-hydrogen) atoms. The number of hydrogen-bond acceptors (Lipinski definition) is 2. The maximum Gasteiger partial charge on any atom is 0.123 e. The molecule has 2 nitrogen and oxygen atoms in total. The Hall–Kier alpha value is -1.51. The van der Waals surface area contributed by atoms with Crippen LogP contribution in [0.4, 0.5) is 0 Å². The van der Waals surface area contributed by atoms with Crippen molar-refractivity contribution in [3.05, 3.63) is 64.2 Å². The highest BCUT2D eigenvalue weighted by molar-refractivity contribution is 6.30. The molecule has 0 saturated heterocycles. The van der Waals surface area contributed by atoms with Gasteiger partial charge in [-0.2, -0.15) is 0 Å². The van der Waals surface area contributed by atoms with Crippen molar-refractivity contribution in [1.82, 2.24) is 5.32 Å². The van der Waals surface area contributed by atoms with Crippen molar-refractivity contribution in [2.75, 3.05) is 13.7 Å². The molecule has 106 valence electrons. The molecule has 0 aliphatic carbocycles. The van der Waals surface area contributed by atoms with Crippen LogP contribution in [0.5, 0.6) is 5.75 Å². The predicted molar refractivity (Wildman–Crippen MR) is 84.6 cm³/mol. The second-order valence-electron chi connectivity index (χ2n) is 4.87. The van der Waals surface area contributed by atoms with Crippen molar-refractivity contribution in [2.45, 2.75) is 19.9 Å². The van der Waals surface area contributed by atoms with Gasteiger partial charge in [0, 0.05) is 17.1 Å². The van der Waals surface area contributed by atoms with Crippen molar-refractivity contribution >= 4 is 11.6 Å². The fourth-order valence-corrected chi connectivity index (χ4v) is 2.40. The van der Waals surface area contributed by atoms with E-state index in [1.54, 1.807) is 7.11 Å². The lowest BCUT2D eigenvalue weighted by Gasteiger charge is -2.10. The van der Waals surface area contributed by atoms with E-state index in [4.69, 9.17) is 16.3 Å². The summed E-state index contributed by atoms with van der Waals surface area (Å²) < 4.78 is 5.33. The third-order valence-electron chi connectivity index (χ3n) is 3.23. The Balaban J connectivity index is 1.85. The summed E-state index contributed by atoms with van der Waals surface area (Å²) >= 11 is 6.02. The molecule has 0 aliphatic heterocycles. The lowest BCUT2D eigenvalue weighted by atomic mass is 10.1. The zero-order valence-electron chi connectivity index (χ0n) is 11.9. The molecule has 2 rings (SSSR count). The summed E-state index contributed by atoms with van der Waals surface area (Å²) in [5.74, 6) is 0.873. The smallest absolute Gasteiger partial charge is 0.123 e. The van der Waals surface area contributed by atoms with E-state index in [0.717, 1.165) is 35.8 Å². The van der Waals surface area contributed by atoms with Gasteiger partial charge in [-0.3, -0.25) is 0 Å². The van der Waals surface area contributed by atoms with Gasteiger partial charge >= 0.3 is 0 Å². The standard InChI is InChI=1S/C17H20ClNO/c1-13-4-3-5-14(10-13)8-9-19-12-15-11-16(18)6-7-17(15)20-2/h3-7,10-11,19H,8-9,12H2,1-2H3. The normalized spacial score (nSPS) is 10.6. The first-order chi connectivity index (χ1) is 9.69. The number of nitrogens with one attached hydrogen (secondary N) is 1. The molecule has 2 aromatic carbocycles. The zero-order valence-corrected chi connectivity index (χ0v) is 12.7. The first kappa shape index (κ1) is 14.9. The molecule has 0 unspecified atom stereocenters. The van der Waals surface area contributed by atoms with Gasteiger partial charge < -0.3 is 10.1 Å². The monoisotopic (exact) mass is 289 g/mol. The van der Waals surface area contributed by atoms with Crippen LogP contribution in [0.25, 0.3) is 0 Å². The number of methoxy groups -OCH3 is 1. The molecular formula is C17H20ClNO. The molecule has 0 heterocycles. The van der Waals surface area contributed by atoms with Crippen LogP contribution in [0.1, 0.15) is 16.7 Å². The van der Waals surface area contributed by atoms with Crippen molar-refractivity contribution in [1.29, 1.82) is 0 Å². The first-order valence-electron chi connectivity index (χ1n) is 6.77. The molecule has 0 aromatic heterocycles. The van der Waals surface area contributed by atoms with Gasteiger partial charge in [-0.05, 0) is 43.7 Å². The topological polar surface area (TPSA) is 21.3 Å². The SMILES string of the molecule is COc1ccc(Cl)cc1CNCCc1cccc(C)c1. The zero-order chi connectivity index (χ0) is 14.4. The molecule has 0 amide bonds. The van der Waals surface area contributed by atoms with Gasteiger partial charge in [-0.25, -0.2) is 0 Å². The van der Waals surface area contributed by atoms with E-state index in [9.17, 15) is 0 Å². The number of aryl methyl sites for hydroxylation is 1. The molecule has 0 bridgehead atoms. The summed E-state index contributed by atoms with van der Waals surface area (Å²) in [5.41, 5.74) is 3.75. The average molecular weight is 290 g/mol.